The standard InChI is InChI=1S/C18H21N5O2/c1-13(24)22-9-4-10-23(12-11-22)16-7-2-6-15(21-16)17(25)14-5-3-8-20-18(14)19/h2-3,5-8H,4,9-12H2,1H3,(H2,19,20). The van der Waals surface area contributed by atoms with E-state index in [1.54, 1.807) is 31.3 Å². The predicted molar refractivity (Wildman–Crippen MR) is 95.4 cm³/mol. The first-order valence-electron chi connectivity index (χ1n) is 8.29. The molecule has 0 radical (unpaired) electrons. The van der Waals surface area contributed by atoms with Crippen LogP contribution in [0.4, 0.5) is 11.6 Å². The summed E-state index contributed by atoms with van der Waals surface area (Å²) in [6.45, 7) is 4.48. The number of nitrogens with zero attached hydrogens (tertiary/aromatic N) is 4. The molecule has 0 unspecified atom stereocenters. The van der Waals surface area contributed by atoms with Crippen molar-refractivity contribution >= 4 is 23.3 Å². The van der Waals surface area contributed by atoms with Crippen molar-refractivity contribution < 1.29 is 9.59 Å². The molecule has 0 aliphatic carbocycles. The first-order valence-corrected chi connectivity index (χ1v) is 8.29. The number of amides is 1. The van der Waals surface area contributed by atoms with E-state index in [9.17, 15) is 9.59 Å². The predicted octanol–water partition coefficient (Wildman–Crippen LogP) is 1.35. The van der Waals surface area contributed by atoms with Crippen molar-refractivity contribution in [3.8, 4) is 0 Å². The van der Waals surface area contributed by atoms with Crippen LogP contribution >= 0.6 is 0 Å². The van der Waals surface area contributed by atoms with Gasteiger partial charge in [-0.15, -0.1) is 0 Å². The number of hydrogen-bond acceptors (Lipinski definition) is 6. The van der Waals surface area contributed by atoms with Crippen molar-refractivity contribution in [3.63, 3.8) is 0 Å². The topological polar surface area (TPSA) is 92.4 Å². The van der Waals surface area contributed by atoms with Crippen LogP contribution < -0.4 is 10.6 Å². The molecule has 0 bridgehead atoms. The second-order valence-electron chi connectivity index (χ2n) is 5.99. The van der Waals surface area contributed by atoms with Crippen molar-refractivity contribution in [2.24, 2.45) is 0 Å². The Morgan fingerprint density at radius 1 is 1.08 bits per heavy atom. The minimum absolute atomic E-state index is 0.0887. The highest BCUT2D eigenvalue weighted by Crippen LogP contribution is 2.18. The van der Waals surface area contributed by atoms with Gasteiger partial charge in [-0.3, -0.25) is 9.59 Å². The minimum Gasteiger partial charge on any atom is -0.383 e. The molecular weight excluding hydrogens is 318 g/mol. The van der Waals surface area contributed by atoms with Gasteiger partial charge in [-0.1, -0.05) is 6.07 Å². The third kappa shape index (κ3) is 3.76. The average Bonchev–Trinajstić information content (AvgIpc) is 2.88. The Morgan fingerprint density at radius 2 is 1.92 bits per heavy atom. The fraction of sp³-hybridized carbons (Fsp3) is 0.333. The summed E-state index contributed by atoms with van der Waals surface area (Å²) in [6.07, 6.45) is 2.42. The van der Waals surface area contributed by atoms with E-state index in [4.69, 9.17) is 5.73 Å². The normalized spacial score (nSPS) is 14.9. The molecule has 3 heterocycles. The molecule has 7 nitrogen and oxygen atoms in total. The van der Waals surface area contributed by atoms with E-state index >= 15 is 0 Å². The highest BCUT2D eigenvalue weighted by molar-refractivity contribution is 6.10. The molecule has 1 saturated heterocycles. The van der Waals surface area contributed by atoms with Gasteiger partial charge < -0.3 is 15.5 Å². The van der Waals surface area contributed by atoms with Gasteiger partial charge in [0, 0.05) is 39.3 Å². The average molecular weight is 339 g/mol. The van der Waals surface area contributed by atoms with E-state index in [1.807, 2.05) is 17.0 Å². The van der Waals surface area contributed by atoms with E-state index in [0.29, 0.717) is 24.3 Å². The molecule has 1 fully saturated rings. The molecule has 1 amide bonds. The van der Waals surface area contributed by atoms with Gasteiger partial charge in [0.05, 0.1) is 5.56 Å². The molecule has 3 rings (SSSR count). The van der Waals surface area contributed by atoms with Crippen LogP contribution in [0.1, 0.15) is 29.4 Å². The van der Waals surface area contributed by atoms with Crippen LogP contribution in [0.3, 0.4) is 0 Å². The quantitative estimate of drug-likeness (QED) is 0.849. The molecule has 0 saturated carbocycles. The number of aromatic nitrogens is 2. The van der Waals surface area contributed by atoms with E-state index in [2.05, 4.69) is 14.9 Å². The van der Waals surface area contributed by atoms with Gasteiger partial charge in [0.15, 0.2) is 0 Å². The summed E-state index contributed by atoms with van der Waals surface area (Å²) in [7, 11) is 0. The molecule has 25 heavy (non-hydrogen) atoms. The van der Waals surface area contributed by atoms with Gasteiger partial charge in [-0.05, 0) is 30.7 Å². The molecule has 0 atom stereocenters. The van der Waals surface area contributed by atoms with E-state index in [-0.39, 0.29) is 17.5 Å². The monoisotopic (exact) mass is 339 g/mol. The number of anilines is 2. The number of nitrogen functional groups attached to an aromatic ring is 1. The van der Waals surface area contributed by atoms with Crippen molar-refractivity contribution in [1.82, 2.24) is 14.9 Å². The van der Waals surface area contributed by atoms with Crippen LogP contribution in [0.25, 0.3) is 0 Å². The maximum absolute atomic E-state index is 12.7. The fourth-order valence-electron chi connectivity index (χ4n) is 2.93. The van der Waals surface area contributed by atoms with Crippen LogP contribution in [-0.4, -0.2) is 52.7 Å². The van der Waals surface area contributed by atoms with Gasteiger partial charge in [0.2, 0.25) is 11.7 Å². The van der Waals surface area contributed by atoms with Crippen LogP contribution in [0.5, 0.6) is 0 Å². The van der Waals surface area contributed by atoms with Gasteiger partial charge >= 0.3 is 0 Å². The third-order valence-electron chi connectivity index (χ3n) is 4.32. The number of rotatable bonds is 3. The minimum atomic E-state index is -0.243. The van der Waals surface area contributed by atoms with Gasteiger partial charge in [0.25, 0.3) is 0 Å². The zero-order chi connectivity index (χ0) is 17.8. The van der Waals surface area contributed by atoms with Crippen LogP contribution in [-0.2, 0) is 4.79 Å². The van der Waals surface area contributed by atoms with Gasteiger partial charge in [0.1, 0.15) is 17.3 Å². The molecule has 2 N–H and O–H groups in total. The SMILES string of the molecule is CC(=O)N1CCCN(c2cccc(C(=O)c3cccnc3N)n2)CC1. The maximum Gasteiger partial charge on any atom is 0.219 e. The molecule has 0 spiro atoms. The highest BCUT2D eigenvalue weighted by atomic mass is 16.2. The molecule has 2 aromatic rings. The molecule has 0 aromatic carbocycles. The molecule has 7 heteroatoms. The Labute approximate surface area is 146 Å². The molecule has 1 aliphatic rings. The van der Waals surface area contributed by atoms with Crippen LogP contribution in [0.15, 0.2) is 36.5 Å². The van der Waals surface area contributed by atoms with E-state index in [1.165, 1.54) is 0 Å². The van der Waals surface area contributed by atoms with Crippen molar-refractivity contribution in [3.05, 3.63) is 47.8 Å². The summed E-state index contributed by atoms with van der Waals surface area (Å²) in [5, 5.41) is 0. The lowest BCUT2D eigenvalue weighted by molar-refractivity contribution is -0.128. The lowest BCUT2D eigenvalue weighted by Crippen LogP contribution is -2.34. The number of pyridine rings is 2. The Hall–Kier alpha value is -2.96. The summed E-state index contributed by atoms with van der Waals surface area (Å²) < 4.78 is 0. The lowest BCUT2D eigenvalue weighted by Gasteiger charge is -2.22. The van der Waals surface area contributed by atoms with Crippen molar-refractivity contribution in [1.29, 1.82) is 0 Å². The van der Waals surface area contributed by atoms with Gasteiger partial charge in [-0.2, -0.15) is 0 Å². The van der Waals surface area contributed by atoms with Crippen LogP contribution in [0, 0.1) is 0 Å². The number of nitrogens with two attached hydrogens (primary N) is 1. The summed E-state index contributed by atoms with van der Waals surface area (Å²) >= 11 is 0. The van der Waals surface area contributed by atoms with E-state index < -0.39 is 0 Å². The second kappa shape index (κ2) is 7.29. The number of hydrogen-bond donors (Lipinski definition) is 1. The van der Waals surface area contributed by atoms with Crippen molar-refractivity contribution in [2.45, 2.75) is 13.3 Å². The first-order chi connectivity index (χ1) is 12.1. The Morgan fingerprint density at radius 3 is 2.68 bits per heavy atom. The molecular formula is C18H21N5O2. The Kier molecular flexibility index (Phi) is 4.92. The molecule has 130 valence electrons. The molecule has 1 aliphatic heterocycles. The zero-order valence-corrected chi connectivity index (χ0v) is 14.2. The first kappa shape index (κ1) is 16.9. The molecule has 2 aromatic heterocycles. The van der Waals surface area contributed by atoms with Crippen molar-refractivity contribution in [2.75, 3.05) is 36.8 Å². The Bertz CT molecular complexity index is 793. The summed E-state index contributed by atoms with van der Waals surface area (Å²) in [4.78, 5) is 36.6. The number of carbonyl (C=O) groups excluding carboxylic acids is 2. The fourth-order valence-corrected chi connectivity index (χ4v) is 2.93. The summed E-state index contributed by atoms with van der Waals surface area (Å²) in [6, 6.07) is 8.70. The van der Waals surface area contributed by atoms with Gasteiger partial charge in [-0.25, -0.2) is 9.97 Å². The Balaban J connectivity index is 1.81. The maximum atomic E-state index is 12.7. The number of ketones is 1. The van der Waals surface area contributed by atoms with E-state index in [0.717, 1.165) is 25.3 Å². The lowest BCUT2D eigenvalue weighted by atomic mass is 10.1. The summed E-state index contributed by atoms with van der Waals surface area (Å²) in [5.41, 5.74) is 6.49. The summed E-state index contributed by atoms with van der Waals surface area (Å²) in [5.74, 6) is 0.781. The van der Waals surface area contributed by atoms with Crippen LogP contribution in [0.2, 0.25) is 0 Å². The second-order valence-corrected chi connectivity index (χ2v) is 5.99. The highest BCUT2D eigenvalue weighted by Gasteiger charge is 2.19. The smallest absolute Gasteiger partial charge is 0.219 e. The zero-order valence-electron chi connectivity index (χ0n) is 14.2. The number of carbonyl (C=O) groups is 2. The third-order valence-corrected chi connectivity index (χ3v) is 4.32. The largest absolute Gasteiger partial charge is 0.383 e.